The Morgan fingerprint density at radius 3 is 2.61 bits per heavy atom. The zero-order valence-electron chi connectivity index (χ0n) is 18.8. The molecule has 1 fully saturated rings. The van der Waals surface area contributed by atoms with Crippen LogP contribution in [0, 0.1) is 12.8 Å². The van der Waals surface area contributed by atoms with Crippen molar-refractivity contribution in [3.05, 3.63) is 53.1 Å². The third kappa shape index (κ3) is 5.61. The summed E-state index contributed by atoms with van der Waals surface area (Å²) in [5, 5.41) is 2.63. The van der Waals surface area contributed by atoms with Gasteiger partial charge in [0.2, 0.25) is 0 Å². The number of nitrogens with one attached hydrogen (secondary N) is 1. The Balaban J connectivity index is 1.60. The van der Waals surface area contributed by atoms with Crippen molar-refractivity contribution in [2.45, 2.75) is 44.8 Å². The normalized spacial score (nSPS) is 18.6. The molecule has 0 spiro atoms. The van der Waals surface area contributed by atoms with E-state index in [1.807, 2.05) is 0 Å². The number of hydrogen-bond donors (Lipinski definition) is 1. The predicted octanol–water partition coefficient (Wildman–Crippen LogP) is 3.38. The maximum atomic E-state index is 13.0. The van der Waals surface area contributed by atoms with Crippen LogP contribution >= 0.6 is 0 Å². The van der Waals surface area contributed by atoms with E-state index in [4.69, 9.17) is 0 Å². The van der Waals surface area contributed by atoms with E-state index in [9.17, 15) is 27.6 Å². The highest BCUT2D eigenvalue weighted by Gasteiger charge is 2.34. The van der Waals surface area contributed by atoms with Gasteiger partial charge in [-0.1, -0.05) is 12.5 Å². The summed E-state index contributed by atoms with van der Waals surface area (Å²) in [6.45, 7) is 1.63. The van der Waals surface area contributed by atoms with E-state index in [1.54, 1.807) is 25.6 Å². The van der Waals surface area contributed by atoms with Crippen LogP contribution in [-0.2, 0) is 18.0 Å². The average Bonchev–Trinajstić information content (AvgIpc) is 3.14. The van der Waals surface area contributed by atoms with Crippen LogP contribution in [0.15, 0.2) is 30.5 Å². The summed E-state index contributed by atoms with van der Waals surface area (Å²) in [6, 6.07) is 4.07. The fourth-order valence-corrected chi connectivity index (χ4v) is 4.12. The molecular formula is C23H27F3N4O3. The van der Waals surface area contributed by atoms with Gasteiger partial charge in [0.15, 0.2) is 5.78 Å². The number of Topliss-reactive ketones (excluding diaryl/α,β-unsaturated/α-hetero) is 1. The topological polar surface area (TPSA) is 84.3 Å². The lowest BCUT2D eigenvalue weighted by molar-refractivity contribution is -0.137. The highest BCUT2D eigenvalue weighted by atomic mass is 19.4. The van der Waals surface area contributed by atoms with Gasteiger partial charge < -0.3 is 14.8 Å². The van der Waals surface area contributed by atoms with Gasteiger partial charge in [-0.2, -0.15) is 13.2 Å². The first-order valence-electron chi connectivity index (χ1n) is 10.7. The minimum Gasteiger partial charge on any atom is -0.344 e. The molecule has 1 heterocycles. The van der Waals surface area contributed by atoms with E-state index >= 15 is 0 Å². The number of aryl methyl sites for hydroxylation is 1. The molecule has 3 rings (SSSR count). The first kappa shape index (κ1) is 24.5. The van der Waals surface area contributed by atoms with Crippen molar-refractivity contribution in [3.63, 3.8) is 0 Å². The second-order valence-corrected chi connectivity index (χ2v) is 8.41. The lowest BCUT2D eigenvalue weighted by Crippen LogP contribution is -2.43. The lowest BCUT2D eigenvalue weighted by Gasteiger charge is -2.35. The van der Waals surface area contributed by atoms with Gasteiger partial charge in [0.25, 0.3) is 11.8 Å². The smallest absolute Gasteiger partial charge is 0.344 e. The van der Waals surface area contributed by atoms with Gasteiger partial charge in [-0.3, -0.25) is 14.4 Å². The van der Waals surface area contributed by atoms with E-state index < -0.39 is 23.6 Å². The van der Waals surface area contributed by atoms with Gasteiger partial charge in [0.05, 0.1) is 18.3 Å². The number of aromatic nitrogens is 2. The van der Waals surface area contributed by atoms with Gasteiger partial charge in [-0.25, -0.2) is 4.98 Å². The van der Waals surface area contributed by atoms with E-state index in [0.717, 1.165) is 12.1 Å². The minimum atomic E-state index is -4.53. The van der Waals surface area contributed by atoms with Gasteiger partial charge >= 0.3 is 6.18 Å². The van der Waals surface area contributed by atoms with E-state index in [1.165, 1.54) is 23.2 Å². The van der Waals surface area contributed by atoms with Crippen LogP contribution in [0.25, 0.3) is 0 Å². The third-order valence-electron chi connectivity index (χ3n) is 6.28. The molecule has 0 radical (unpaired) electrons. The third-order valence-corrected chi connectivity index (χ3v) is 6.28. The first-order chi connectivity index (χ1) is 15.5. The van der Waals surface area contributed by atoms with Crippen LogP contribution < -0.4 is 5.32 Å². The SMILES string of the molecule is Cc1ncc(C(=O)NCC(=O)[C@H]2CCC[C@@H](N(C)C(=O)c3cccc(C(F)(F)F)c3)C2)n1C. The van der Waals surface area contributed by atoms with Crippen LogP contribution in [-0.4, -0.2) is 51.7 Å². The molecule has 1 aromatic heterocycles. The fourth-order valence-electron chi connectivity index (χ4n) is 4.12. The molecule has 7 nitrogen and oxygen atoms in total. The number of imidazole rings is 1. The highest BCUT2D eigenvalue weighted by molar-refractivity contribution is 5.96. The van der Waals surface area contributed by atoms with E-state index in [0.29, 0.717) is 37.2 Å². The van der Waals surface area contributed by atoms with Crippen LogP contribution in [0.3, 0.4) is 0 Å². The Morgan fingerprint density at radius 1 is 1.24 bits per heavy atom. The number of benzene rings is 1. The highest BCUT2D eigenvalue weighted by Crippen LogP contribution is 2.31. The van der Waals surface area contributed by atoms with Crippen LogP contribution in [0.1, 0.15) is 57.9 Å². The maximum Gasteiger partial charge on any atom is 0.416 e. The fraction of sp³-hybridized carbons (Fsp3) is 0.478. The van der Waals surface area contributed by atoms with Crippen molar-refractivity contribution in [2.24, 2.45) is 13.0 Å². The maximum absolute atomic E-state index is 13.0. The van der Waals surface area contributed by atoms with Gasteiger partial charge in [-0.05, 0) is 44.4 Å². The first-order valence-corrected chi connectivity index (χ1v) is 10.7. The minimum absolute atomic E-state index is 0.0421. The number of carbonyl (C=O) groups excluding carboxylic acids is 3. The summed E-state index contributed by atoms with van der Waals surface area (Å²) in [7, 11) is 3.26. The Kier molecular flexibility index (Phi) is 7.24. The molecule has 0 bridgehead atoms. The van der Waals surface area contributed by atoms with Crippen molar-refractivity contribution >= 4 is 17.6 Å². The Morgan fingerprint density at radius 2 is 1.97 bits per heavy atom. The number of alkyl halides is 3. The molecule has 1 N–H and O–H groups in total. The summed E-state index contributed by atoms with van der Waals surface area (Å²) >= 11 is 0. The molecule has 1 aromatic carbocycles. The molecule has 0 unspecified atom stereocenters. The molecular weight excluding hydrogens is 437 g/mol. The zero-order valence-corrected chi connectivity index (χ0v) is 18.8. The molecule has 0 saturated heterocycles. The second-order valence-electron chi connectivity index (χ2n) is 8.41. The molecule has 1 aliphatic rings. The average molecular weight is 464 g/mol. The van der Waals surface area contributed by atoms with Crippen LogP contribution in [0.4, 0.5) is 13.2 Å². The second kappa shape index (κ2) is 9.76. The summed E-state index contributed by atoms with van der Waals surface area (Å²) in [5.74, 6) is -0.703. The van der Waals surface area contributed by atoms with Crippen molar-refractivity contribution < 1.29 is 27.6 Å². The molecule has 1 saturated carbocycles. The molecule has 2 aromatic rings. The number of nitrogens with zero attached hydrogens (tertiary/aromatic N) is 3. The van der Waals surface area contributed by atoms with Crippen molar-refractivity contribution in [2.75, 3.05) is 13.6 Å². The zero-order chi connectivity index (χ0) is 24.3. The van der Waals surface area contributed by atoms with Crippen LogP contribution in [0.5, 0.6) is 0 Å². The van der Waals surface area contributed by atoms with E-state index in [-0.39, 0.29) is 29.9 Å². The predicted molar refractivity (Wildman–Crippen MR) is 115 cm³/mol. The van der Waals surface area contributed by atoms with Gasteiger partial charge in [0, 0.05) is 31.6 Å². The quantitative estimate of drug-likeness (QED) is 0.711. The summed E-state index contributed by atoms with van der Waals surface area (Å²) < 4.78 is 40.6. The summed E-state index contributed by atoms with van der Waals surface area (Å²) in [4.78, 5) is 43.3. The number of halogens is 3. The monoisotopic (exact) mass is 464 g/mol. The number of amides is 2. The summed E-state index contributed by atoms with van der Waals surface area (Å²) in [6.07, 6.45) is -0.680. The molecule has 2 atom stereocenters. The Hall–Kier alpha value is -3.17. The largest absolute Gasteiger partial charge is 0.416 e. The van der Waals surface area contributed by atoms with E-state index in [2.05, 4.69) is 10.3 Å². The van der Waals surface area contributed by atoms with Gasteiger partial charge in [-0.15, -0.1) is 0 Å². The number of hydrogen-bond acceptors (Lipinski definition) is 4. The van der Waals surface area contributed by atoms with Crippen molar-refractivity contribution in [1.82, 2.24) is 19.8 Å². The Labute approximate surface area is 190 Å². The number of rotatable bonds is 6. The van der Waals surface area contributed by atoms with Crippen molar-refractivity contribution in [3.8, 4) is 0 Å². The van der Waals surface area contributed by atoms with Gasteiger partial charge in [0.1, 0.15) is 11.5 Å². The molecule has 178 valence electrons. The lowest BCUT2D eigenvalue weighted by atomic mass is 9.82. The Bertz CT molecular complexity index is 1050. The number of ketones is 1. The summed E-state index contributed by atoms with van der Waals surface area (Å²) in [5.41, 5.74) is -0.564. The molecule has 1 aliphatic carbocycles. The van der Waals surface area contributed by atoms with Crippen molar-refractivity contribution in [1.29, 1.82) is 0 Å². The standard InChI is InChI=1S/C23H27F3N4O3/c1-14-27-12-19(29(14)2)21(32)28-13-20(31)15-6-5-9-18(11-15)30(3)22(33)16-7-4-8-17(10-16)23(24,25)26/h4,7-8,10,12,15,18H,5-6,9,11,13H2,1-3H3,(H,28,32)/t15-,18+/m0/s1. The van der Waals surface area contributed by atoms with Crippen LogP contribution in [0.2, 0.25) is 0 Å². The molecule has 2 amide bonds. The molecule has 33 heavy (non-hydrogen) atoms. The number of carbonyl (C=O) groups is 3. The molecule has 10 heteroatoms. The molecule has 0 aliphatic heterocycles.